The van der Waals surface area contributed by atoms with E-state index in [-0.39, 0.29) is 12.2 Å². The lowest BCUT2D eigenvalue weighted by Crippen LogP contribution is -2.41. The Morgan fingerprint density at radius 1 is 1.33 bits per heavy atom. The highest BCUT2D eigenvalue weighted by atomic mass is 16.1. The second-order valence-corrected chi connectivity index (χ2v) is 3.89. The summed E-state index contributed by atoms with van der Waals surface area (Å²) in [7, 11) is 0. The quantitative estimate of drug-likeness (QED) is 0.618. The molecule has 0 aromatic carbocycles. The summed E-state index contributed by atoms with van der Waals surface area (Å²) >= 11 is 0. The summed E-state index contributed by atoms with van der Waals surface area (Å²) in [5, 5.41) is 0. The number of nitrogens with two attached hydrogens (primary N) is 2. The van der Waals surface area contributed by atoms with Crippen molar-refractivity contribution in [3.63, 3.8) is 0 Å². The van der Waals surface area contributed by atoms with Crippen LogP contribution in [0, 0.1) is 5.41 Å². The van der Waals surface area contributed by atoms with Crippen LogP contribution in [0.1, 0.15) is 27.2 Å². The Labute approximate surface area is 72.3 Å². The third-order valence-electron chi connectivity index (χ3n) is 1.50. The van der Waals surface area contributed by atoms with Gasteiger partial charge in [0, 0.05) is 11.8 Å². The van der Waals surface area contributed by atoms with Crippen molar-refractivity contribution in [1.82, 2.24) is 0 Å². The standard InChI is InChI=1S/C8H16N2O2/c1-8(2,3)7(12)5(9)4-6(10)11/h5H,4,9H2,1-3H3,(H2,10,11). The molecule has 12 heavy (non-hydrogen) atoms. The first-order valence-electron chi connectivity index (χ1n) is 3.83. The van der Waals surface area contributed by atoms with Gasteiger partial charge in [-0.1, -0.05) is 20.8 Å². The number of carbonyl (C=O) groups excluding carboxylic acids is 2. The van der Waals surface area contributed by atoms with E-state index in [1.165, 1.54) is 0 Å². The van der Waals surface area contributed by atoms with Crippen molar-refractivity contribution in [2.75, 3.05) is 0 Å². The maximum absolute atomic E-state index is 11.4. The van der Waals surface area contributed by atoms with E-state index in [0.717, 1.165) is 0 Å². The first kappa shape index (κ1) is 11.1. The van der Waals surface area contributed by atoms with Gasteiger partial charge in [0.15, 0.2) is 5.78 Å². The number of amides is 1. The lowest BCUT2D eigenvalue weighted by Gasteiger charge is -2.20. The van der Waals surface area contributed by atoms with Crippen LogP contribution in [0.2, 0.25) is 0 Å². The summed E-state index contributed by atoms with van der Waals surface area (Å²) in [4.78, 5) is 21.8. The summed E-state index contributed by atoms with van der Waals surface area (Å²) in [6.07, 6.45) is -0.0733. The fourth-order valence-electron chi connectivity index (χ4n) is 0.866. The molecule has 0 aromatic rings. The summed E-state index contributed by atoms with van der Waals surface area (Å²) in [5.41, 5.74) is 9.85. The van der Waals surface area contributed by atoms with Crippen LogP contribution in [0.3, 0.4) is 0 Å². The SMILES string of the molecule is CC(C)(C)C(=O)C(N)CC(N)=O. The Hall–Kier alpha value is -0.900. The molecule has 0 spiro atoms. The smallest absolute Gasteiger partial charge is 0.219 e. The summed E-state index contributed by atoms with van der Waals surface area (Å²) in [5.74, 6) is -0.679. The second-order valence-electron chi connectivity index (χ2n) is 3.89. The van der Waals surface area contributed by atoms with Crippen LogP contribution >= 0.6 is 0 Å². The predicted molar refractivity (Wildman–Crippen MR) is 46.2 cm³/mol. The van der Waals surface area contributed by atoms with E-state index < -0.39 is 17.4 Å². The van der Waals surface area contributed by atoms with Crippen LogP contribution in [0.4, 0.5) is 0 Å². The minimum Gasteiger partial charge on any atom is -0.370 e. The van der Waals surface area contributed by atoms with E-state index in [2.05, 4.69) is 0 Å². The van der Waals surface area contributed by atoms with Crippen molar-refractivity contribution in [2.45, 2.75) is 33.2 Å². The fourth-order valence-corrected chi connectivity index (χ4v) is 0.866. The highest BCUT2D eigenvalue weighted by Gasteiger charge is 2.27. The number of ketones is 1. The molecule has 1 atom stereocenters. The van der Waals surface area contributed by atoms with Gasteiger partial charge in [0.05, 0.1) is 6.04 Å². The maximum atomic E-state index is 11.4. The number of rotatable bonds is 3. The van der Waals surface area contributed by atoms with Gasteiger partial charge in [-0.05, 0) is 0 Å². The molecule has 0 aromatic heterocycles. The molecule has 4 heteroatoms. The second kappa shape index (κ2) is 3.67. The molecule has 1 amide bonds. The van der Waals surface area contributed by atoms with Crippen LogP contribution in [0.5, 0.6) is 0 Å². The molecule has 0 fully saturated rings. The summed E-state index contributed by atoms with van der Waals surface area (Å²) in [6, 6.07) is -0.762. The van der Waals surface area contributed by atoms with Crippen LogP contribution in [0.15, 0.2) is 0 Å². The number of hydrogen-bond donors (Lipinski definition) is 2. The van der Waals surface area contributed by atoms with Crippen LogP contribution < -0.4 is 11.5 Å². The molecule has 0 radical (unpaired) electrons. The van der Waals surface area contributed by atoms with Gasteiger partial charge in [0.1, 0.15) is 0 Å². The molecule has 4 N–H and O–H groups in total. The Morgan fingerprint density at radius 3 is 2.00 bits per heavy atom. The van der Waals surface area contributed by atoms with Gasteiger partial charge in [0.2, 0.25) is 5.91 Å². The lowest BCUT2D eigenvalue weighted by molar-refractivity contribution is -0.130. The van der Waals surface area contributed by atoms with Crippen molar-refractivity contribution in [3.05, 3.63) is 0 Å². The molecule has 0 saturated heterocycles. The molecule has 0 aliphatic carbocycles. The molecule has 0 heterocycles. The number of primary amides is 1. The van der Waals surface area contributed by atoms with E-state index in [1.807, 2.05) is 0 Å². The Bertz CT molecular complexity index is 194. The first-order valence-corrected chi connectivity index (χ1v) is 3.83. The van der Waals surface area contributed by atoms with Crippen LogP contribution in [0.25, 0.3) is 0 Å². The van der Waals surface area contributed by atoms with Gasteiger partial charge in [-0.15, -0.1) is 0 Å². The number of Topliss-reactive ketones (excluding diaryl/α,β-unsaturated/α-hetero) is 1. The zero-order chi connectivity index (χ0) is 9.94. The third kappa shape index (κ3) is 3.48. The fraction of sp³-hybridized carbons (Fsp3) is 0.750. The van der Waals surface area contributed by atoms with E-state index in [9.17, 15) is 9.59 Å². The van der Waals surface area contributed by atoms with E-state index in [0.29, 0.717) is 0 Å². The molecule has 4 nitrogen and oxygen atoms in total. The highest BCUT2D eigenvalue weighted by molar-refractivity contribution is 5.92. The Morgan fingerprint density at radius 2 is 1.75 bits per heavy atom. The molecular weight excluding hydrogens is 156 g/mol. The number of hydrogen-bond acceptors (Lipinski definition) is 3. The summed E-state index contributed by atoms with van der Waals surface area (Å²) < 4.78 is 0. The van der Waals surface area contributed by atoms with Gasteiger partial charge in [-0.2, -0.15) is 0 Å². The Balaban J connectivity index is 4.21. The van der Waals surface area contributed by atoms with E-state index in [4.69, 9.17) is 11.5 Å². The summed E-state index contributed by atoms with van der Waals surface area (Å²) in [6.45, 7) is 5.28. The number of carbonyl (C=O) groups is 2. The first-order chi connectivity index (χ1) is 5.25. The molecule has 0 aliphatic rings. The van der Waals surface area contributed by atoms with Crippen molar-refractivity contribution < 1.29 is 9.59 Å². The zero-order valence-corrected chi connectivity index (χ0v) is 7.76. The normalized spacial score (nSPS) is 14.0. The minimum atomic E-state index is -0.762. The predicted octanol–water partition coefficient (Wildman–Crippen LogP) is -0.196. The van der Waals surface area contributed by atoms with Crippen LogP contribution in [-0.2, 0) is 9.59 Å². The van der Waals surface area contributed by atoms with Crippen molar-refractivity contribution in [2.24, 2.45) is 16.9 Å². The molecule has 0 bridgehead atoms. The van der Waals surface area contributed by atoms with Gasteiger partial charge >= 0.3 is 0 Å². The van der Waals surface area contributed by atoms with Gasteiger partial charge in [-0.3, -0.25) is 9.59 Å². The average Bonchev–Trinajstić information content (AvgIpc) is 1.82. The van der Waals surface area contributed by atoms with E-state index >= 15 is 0 Å². The molecule has 0 rings (SSSR count). The average molecular weight is 172 g/mol. The zero-order valence-electron chi connectivity index (χ0n) is 7.76. The lowest BCUT2D eigenvalue weighted by atomic mass is 9.86. The largest absolute Gasteiger partial charge is 0.370 e. The van der Waals surface area contributed by atoms with Crippen molar-refractivity contribution >= 4 is 11.7 Å². The van der Waals surface area contributed by atoms with Gasteiger partial charge in [0.25, 0.3) is 0 Å². The minimum absolute atomic E-state index is 0.0733. The topological polar surface area (TPSA) is 86.2 Å². The Kier molecular flexibility index (Phi) is 3.39. The van der Waals surface area contributed by atoms with Gasteiger partial charge in [-0.25, -0.2) is 0 Å². The molecule has 0 aliphatic heterocycles. The van der Waals surface area contributed by atoms with Crippen molar-refractivity contribution in [3.8, 4) is 0 Å². The van der Waals surface area contributed by atoms with Crippen LogP contribution in [-0.4, -0.2) is 17.7 Å². The molecule has 0 saturated carbocycles. The molecular formula is C8H16N2O2. The molecule has 1 unspecified atom stereocenters. The maximum Gasteiger partial charge on any atom is 0.219 e. The highest BCUT2D eigenvalue weighted by Crippen LogP contribution is 2.16. The monoisotopic (exact) mass is 172 g/mol. The molecule has 70 valence electrons. The third-order valence-corrected chi connectivity index (χ3v) is 1.50. The van der Waals surface area contributed by atoms with Gasteiger partial charge < -0.3 is 11.5 Å². The van der Waals surface area contributed by atoms with Crippen molar-refractivity contribution in [1.29, 1.82) is 0 Å². The van der Waals surface area contributed by atoms with E-state index in [1.54, 1.807) is 20.8 Å².